The molecule has 1 saturated heterocycles. The van der Waals surface area contributed by atoms with Crippen LogP contribution in [0.4, 0.5) is 0 Å². The molecule has 0 radical (unpaired) electrons. The van der Waals surface area contributed by atoms with Gasteiger partial charge < -0.3 is 21.7 Å². The van der Waals surface area contributed by atoms with Gasteiger partial charge in [-0.2, -0.15) is 4.31 Å². The highest BCUT2D eigenvalue weighted by Gasteiger charge is 2.33. The number of thiazole rings is 1. The van der Waals surface area contributed by atoms with E-state index >= 15 is 0 Å². The number of sulfonamides is 1. The summed E-state index contributed by atoms with van der Waals surface area (Å²) in [5.41, 5.74) is 11.3. The molecule has 5 N–H and O–H groups in total. The normalized spacial score (nSPS) is 15.3. The number of piperazine rings is 1. The molecule has 36 heavy (non-hydrogen) atoms. The van der Waals surface area contributed by atoms with Gasteiger partial charge in [0.2, 0.25) is 27.6 Å². The number of carbonyl (C=O) groups is 3. The summed E-state index contributed by atoms with van der Waals surface area (Å²) in [5, 5.41) is 4.60. The first kappa shape index (κ1) is 27.2. The van der Waals surface area contributed by atoms with E-state index in [1.165, 1.54) is 11.1 Å². The van der Waals surface area contributed by atoms with Gasteiger partial charge in [-0.1, -0.05) is 30.3 Å². The molecule has 2 amide bonds. The number of ketones is 1. The highest BCUT2D eigenvalue weighted by atomic mass is 32.2. The van der Waals surface area contributed by atoms with E-state index in [2.05, 4.69) is 15.3 Å². The molecule has 1 aliphatic rings. The molecule has 1 aliphatic heterocycles. The molecule has 1 aromatic heterocycles. The van der Waals surface area contributed by atoms with Crippen LogP contribution in [0.3, 0.4) is 0 Å². The van der Waals surface area contributed by atoms with Crippen LogP contribution >= 0.6 is 11.3 Å². The molecule has 1 atom stereocenters. The standard InChI is InChI=1S/C22H29N7O5S2/c23-22(24)26-8-4-7-17(20(32)21-25-9-12-35-21)27-18(30)13-28-10-11-29(14-19(28)31)36(33,34)15-16-5-2-1-3-6-16/h1-3,5-6,9,12,17H,4,7-8,10-11,13-15H2,(H,27,30)(H4,23,24,26)/t17-/m0/s1. The van der Waals surface area contributed by atoms with Gasteiger partial charge in [0.15, 0.2) is 11.0 Å². The summed E-state index contributed by atoms with van der Waals surface area (Å²) in [4.78, 5) is 47.4. The zero-order valence-electron chi connectivity index (χ0n) is 19.6. The van der Waals surface area contributed by atoms with Crippen molar-refractivity contribution >= 4 is 44.9 Å². The fourth-order valence-corrected chi connectivity index (χ4v) is 5.74. The molecule has 0 aliphatic carbocycles. The number of aromatic nitrogens is 1. The molecule has 0 spiro atoms. The molecular weight excluding hydrogens is 506 g/mol. The van der Waals surface area contributed by atoms with E-state index in [0.717, 1.165) is 15.6 Å². The first-order valence-corrected chi connectivity index (χ1v) is 13.7. The maximum atomic E-state index is 12.8. The van der Waals surface area contributed by atoms with E-state index in [1.807, 2.05) is 0 Å². The zero-order valence-corrected chi connectivity index (χ0v) is 21.2. The molecule has 14 heteroatoms. The zero-order chi connectivity index (χ0) is 26.1. The Morgan fingerprint density at radius 3 is 2.58 bits per heavy atom. The SMILES string of the molecule is NC(N)=NCCC[C@H](NC(=O)CN1CCN(S(=O)(=O)Cc2ccccc2)CC1=O)C(=O)c1nccs1. The van der Waals surface area contributed by atoms with Gasteiger partial charge >= 0.3 is 0 Å². The molecule has 0 unspecified atom stereocenters. The van der Waals surface area contributed by atoms with Crippen LogP contribution in [0.1, 0.15) is 28.2 Å². The lowest BCUT2D eigenvalue weighted by atomic mass is 10.1. The average Bonchev–Trinajstić information content (AvgIpc) is 3.37. The second-order valence-corrected chi connectivity index (χ2v) is 11.0. The van der Waals surface area contributed by atoms with Gasteiger partial charge in [0.1, 0.15) is 0 Å². The number of hydrogen-bond donors (Lipinski definition) is 3. The Balaban J connectivity index is 1.56. The summed E-state index contributed by atoms with van der Waals surface area (Å²) in [5.74, 6) is -1.62. The summed E-state index contributed by atoms with van der Waals surface area (Å²) >= 11 is 1.16. The van der Waals surface area contributed by atoms with Crippen molar-refractivity contribution in [3.05, 3.63) is 52.5 Å². The number of aliphatic imine (C=N–C) groups is 1. The topological polar surface area (TPSA) is 181 Å². The fourth-order valence-electron chi connectivity index (χ4n) is 3.65. The third-order valence-corrected chi connectivity index (χ3v) is 8.03. The minimum Gasteiger partial charge on any atom is -0.370 e. The summed E-state index contributed by atoms with van der Waals surface area (Å²) in [6, 6.07) is 7.85. The summed E-state index contributed by atoms with van der Waals surface area (Å²) < 4.78 is 26.6. The van der Waals surface area contributed by atoms with Crippen LogP contribution in [0.2, 0.25) is 0 Å². The van der Waals surface area contributed by atoms with Crippen molar-refractivity contribution in [2.75, 3.05) is 32.7 Å². The molecule has 1 fully saturated rings. The smallest absolute Gasteiger partial charge is 0.240 e. The van der Waals surface area contributed by atoms with Crippen molar-refractivity contribution in [1.29, 1.82) is 0 Å². The Labute approximate surface area is 213 Å². The maximum absolute atomic E-state index is 12.8. The van der Waals surface area contributed by atoms with E-state index in [9.17, 15) is 22.8 Å². The van der Waals surface area contributed by atoms with Crippen LogP contribution < -0.4 is 16.8 Å². The number of benzene rings is 1. The van der Waals surface area contributed by atoms with Crippen molar-refractivity contribution in [1.82, 2.24) is 19.5 Å². The van der Waals surface area contributed by atoms with Crippen molar-refractivity contribution in [3.8, 4) is 0 Å². The minimum atomic E-state index is -3.69. The summed E-state index contributed by atoms with van der Waals surface area (Å²) in [7, 11) is -3.69. The third-order valence-electron chi connectivity index (χ3n) is 5.44. The summed E-state index contributed by atoms with van der Waals surface area (Å²) in [6.07, 6.45) is 2.22. The van der Waals surface area contributed by atoms with Gasteiger partial charge in [0.05, 0.1) is 24.9 Å². The Morgan fingerprint density at radius 1 is 1.19 bits per heavy atom. The molecule has 0 saturated carbocycles. The Bertz CT molecular complexity index is 1180. The Hall–Kier alpha value is -3.36. The monoisotopic (exact) mass is 535 g/mol. The number of nitrogens with two attached hydrogens (primary N) is 2. The number of nitrogens with one attached hydrogen (secondary N) is 1. The van der Waals surface area contributed by atoms with Crippen LogP contribution in [-0.4, -0.2) is 84.9 Å². The molecule has 3 rings (SSSR count). The van der Waals surface area contributed by atoms with E-state index < -0.39 is 27.9 Å². The van der Waals surface area contributed by atoms with Crippen molar-refractivity contribution in [2.24, 2.45) is 16.5 Å². The van der Waals surface area contributed by atoms with Crippen LogP contribution in [-0.2, 0) is 25.4 Å². The number of rotatable bonds is 12. The number of guanidine groups is 1. The lowest BCUT2D eigenvalue weighted by Crippen LogP contribution is -2.55. The number of hydrogen-bond acceptors (Lipinski definition) is 8. The molecule has 2 heterocycles. The first-order chi connectivity index (χ1) is 17.2. The van der Waals surface area contributed by atoms with Gasteiger partial charge in [0.25, 0.3) is 0 Å². The largest absolute Gasteiger partial charge is 0.370 e. The average molecular weight is 536 g/mol. The number of nitrogens with zero attached hydrogens (tertiary/aromatic N) is 4. The number of carbonyl (C=O) groups excluding carboxylic acids is 3. The van der Waals surface area contributed by atoms with Gasteiger partial charge in [-0.25, -0.2) is 13.4 Å². The van der Waals surface area contributed by atoms with Crippen molar-refractivity contribution < 1.29 is 22.8 Å². The molecule has 2 aromatic rings. The van der Waals surface area contributed by atoms with Crippen molar-refractivity contribution in [2.45, 2.75) is 24.6 Å². The lowest BCUT2D eigenvalue weighted by Gasteiger charge is -2.33. The van der Waals surface area contributed by atoms with E-state index in [1.54, 1.807) is 35.7 Å². The number of amides is 2. The highest BCUT2D eigenvalue weighted by Crippen LogP contribution is 2.15. The molecule has 1 aromatic carbocycles. The quantitative estimate of drug-likeness (QED) is 0.141. The van der Waals surface area contributed by atoms with Crippen LogP contribution in [0.5, 0.6) is 0 Å². The fraction of sp³-hybridized carbons (Fsp3) is 0.409. The summed E-state index contributed by atoms with van der Waals surface area (Å²) in [6.45, 7) is -0.203. The predicted molar refractivity (Wildman–Crippen MR) is 136 cm³/mol. The Kier molecular flexibility index (Phi) is 9.50. The van der Waals surface area contributed by atoms with Gasteiger partial charge in [0, 0.05) is 31.2 Å². The third kappa shape index (κ3) is 7.83. The Morgan fingerprint density at radius 2 is 1.94 bits per heavy atom. The second-order valence-electron chi connectivity index (χ2n) is 8.16. The van der Waals surface area contributed by atoms with Gasteiger partial charge in [-0.15, -0.1) is 11.3 Å². The van der Waals surface area contributed by atoms with Crippen LogP contribution in [0.25, 0.3) is 0 Å². The van der Waals surface area contributed by atoms with E-state index in [-0.39, 0.29) is 61.6 Å². The van der Waals surface area contributed by atoms with E-state index in [0.29, 0.717) is 12.0 Å². The number of Topliss-reactive ketones (excluding diaryl/α,β-unsaturated/α-hetero) is 1. The lowest BCUT2D eigenvalue weighted by molar-refractivity contribution is -0.138. The first-order valence-electron chi connectivity index (χ1n) is 11.2. The van der Waals surface area contributed by atoms with Crippen LogP contribution in [0.15, 0.2) is 46.9 Å². The van der Waals surface area contributed by atoms with E-state index in [4.69, 9.17) is 11.5 Å². The molecular formula is C22H29N7O5S2. The molecule has 0 bridgehead atoms. The maximum Gasteiger partial charge on any atom is 0.240 e. The molecule has 12 nitrogen and oxygen atoms in total. The second kappa shape index (κ2) is 12.6. The van der Waals surface area contributed by atoms with Crippen LogP contribution in [0, 0.1) is 0 Å². The predicted octanol–water partition coefficient (Wildman–Crippen LogP) is -0.462. The minimum absolute atomic E-state index is 0.0646. The van der Waals surface area contributed by atoms with Crippen molar-refractivity contribution in [3.63, 3.8) is 0 Å². The van der Waals surface area contributed by atoms with Gasteiger partial charge in [-0.05, 0) is 18.4 Å². The highest BCUT2D eigenvalue weighted by molar-refractivity contribution is 7.88. The molecule has 194 valence electrons. The van der Waals surface area contributed by atoms with Gasteiger partial charge in [-0.3, -0.25) is 19.4 Å².